The van der Waals surface area contributed by atoms with Crippen molar-refractivity contribution in [1.29, 1.82) is 0 Å². The van der Waals surface area contributed by atoms with E-state index < -0.39 is 0 Å². The largest absolute Gasteiger partial charge is 0.492 e. The van der Waals surface area contributed by atoms with Gasteiger partial charge in [0, 0.05) is 32.6 Å². The minimum absolute atomic E-state index is 0. The monoisotopic (exact) mass is 545 g/mol. The summed E-state index contributed by atoms with van der Waals surface area (Å²) < 4.78 is 5.86. The Kier molecular flexibility index (Phi) is 13.6. The molecule has 1 unspecified atom stereocenters. The van der Waals surface area contributed by atoms with E-state index in [2.05, 4.69) is 48.0 Å². The van der Waals surface area contributed by atoms with Crippen molar-refractivity contribution < 1.29 is 9.53 Å². The number of likely N-dealkylation sites (N-methyl/N-ethyl adjacent to an activating group) is 1. The van der Waals surface area contributed by atoms with E-state index in [1.165, 1.54) is 0 Å². The minimum atomic E-state index is -0.219. The maximum absolute atomic E-state index is 11.3. The van der Waals surface area contributed by atoms with Crippen molar-refractivity contribution >= 4 is 35.8 Å². The standard InChI is InChI=1S/C23H39N5O2.HI/c1-4-25-23(28-13-7-8-20(18-28)16-22(24)29)26-17-19-9-11-21(12-10-19)30-15-14-27(5-2)6-3;/h9-12,20H,4-8,13-18H2,1-3H3,(H2,24,29)(H,25,26);1H. The maximum Gasteiger partial charge on any atom is 0.217 e. The highest BCUT2D eigenvalue weighted by atomic mass is 127. The number of carbonyl (C=O) groups excluding carboxylic acids is 1. The Morgan fingerprint density at radius 2 is 1.97 bits per heavy atom. The smallest absolute Gasteiger partial charge is 0.217 e. The molecular weight excluding hydrogens is 505 g/mol. The Labute approximate surface area is 204 Å². The molecule has 8 heteroatoms. The Balaban J connectivity index is 0.00000480. The zero-order chi connectivity index (χ0) is 21.8. The number of likely N-dealkylation sites (tertiary alicyclic amines) is 1. The van der Waals surface area contributed by atoms with Gasteiger partial charge in [-0.1, -0.05) is 26.0 Å². The Morgan fingerprint density at radius 3 is 2.58 bits per heavy atom. The van der Waals surface area contributed by atoms with E-state index in [-0.39, 0.29) is 29.9 Å². The first kappa shape index (κ1) is 27.5. The molecule has 176 valence electrons. The van der Waals surface area contributed by atoms with Crippen LogP contribution in [0.1, 0.15) is 45.6 Å². The number of guanidine groups is 1. The van der Waals surface area contributed by atoms with Gasteiger partial charge in [0.25, 0.3) is 0 Å². The van der Waals surface area contributed by atoms with Crippen LogP contribution in [0.2, 0.25) is 0 Å². The molecular formula is C23H40IN5O2. The number of nitrogens with zero attached hydrogens (tertiary/aromatic N) is 3. The summed E-state index contributed by atoms with van der Waals surface area (Å²) >= 11 is 0. The molecule has 0 spiro atoms. The fourth-order valence-electron chi connectivity index (χ4n) is 3.82. The van der Waals surface area contributed by atoms with Crippen LogP contribution in [0.5, 0.6) is 5.75 Å². The lowest BCUT2D eigenvalue weighted by Crippen LogP contribution is -2.47. The fraction of sp³-hybridized carbons (Fsp3) is 0.652. The summed E-state index contributed by atoms with van der Waals surface area (Å²) in [6, 6.07) is 8.19. The van der Waals surface area contributed by atoms with Gasteiger partial charge in [0.05, 0.1) is 6.54 Å². The summed E-state index contributed by atoms with van der Waals surface area (Å²) in [5.74, 6) is 1.90. The molecule has 1 amide bonds. The van der Waals surface area contributed by atoms with E-state index in [4.69, 9.17) is 15.5 Å². The van der Waals surface area contributed by atoms with Crippen molar-refractivity contribution in [3.05, 3.63) is 29.8 Å². The molecule has 1 aliphatic heterocycles. The summed E-state index contributed by atoms with van der Waals surface area (Å²) in [5, 5.41) is 3.39. The van der Waals surface area contributed by atoms with E-state index >= 15 is 0 Å². The molecule has 3 N–H and O–H groups in total. The number of rotatable bonds is 11. The van der Waals surface area contributed by atoms with Gasteiger partial charge in [-0.3, -0.25) is 4.79 Å². The molecule has 0 aromatic heterocycles. The van der Waals surface area contributed by atoms with Crippen LogP contribution < -0.4 is 15.8 Å². The van der Waals surface area contributed by atoms with Crippen molar-refractivity contribution in [3.8, 4) is 5.75 Å². The molecule has 0 saturated carbocycles. The summed E-state index contributed by atoms with van der Waals surface area (Å²) in [7, 11) is 0. The molecule has 31 heavy (non-hydrogen) atoms. The van der Waals surface area contributed by atoms with Gasteiger partial charge in [-0.15, -0.1) is 24.0 Å². The number of nitrogens with two attached hydrogens (primary N) is 1. The number of aliphatic imine (C=N–C) groups is 1. The third-order valence-electron chi connectivity index (χ3n) is 5.55. The number of nitrogens with one attached hydrogen (secondary N) is 1. The van der Waals surface area contributed by atoms with Gasteiger partial charge in [-0.2, -0.15) is 0 Å². The molecule has 0 bridgehead atoms. The van der Waals surface area contributed by atoms with Crippen LogP contribution >= 0.6 is 24.0 Å². The fourth-order valence-corrected chi connectivity index (χ4v) is 3.82. The lowest BCUT2D eigenvalue weighted by atomic mass is 9.95. The highest BCUT2D eigenvalue weighted by Crippen LogP contribution is 2.20. The number of carbonyl (C=O) groups is 1. The number of halogens is 1. The number of piperidine rings is 1. The predicted octanol–water partition coefficient (Wildman–Crippen LogP) is 3.08. The molecule has 1 aliphatic rings. The van der Waals surface area contributed by atoms with Gasteiger partial charge in [0.15, 0.2) is 5.96 Å². The molecule has 1 saturated heterocycles. The van der Waals surface area contributed by atoms with E-state index in [1.54, 1.807) is 0 Å². The van der Waals surface area contributed by atoms with Gasteiger partial charge < -0.3 is 25.6 Å². The van der Waals surface area contributed by atoms with Crippen molar-refractivity contribution in [2.75, 3.05) is 45.9 Å². The number of hydrogen-bond donors (Lipinski definition) is 2. The zero-order valence-corrected chi connectivity index (χ0v) is 21.6. The second-order valence-corrected chi connectivity index (χ2v) is 7.81. The quantitative estimate of drug-likeness (QED) is 0.254. The number of primary amides is 1. The number of amides is 1. The maximum atomic E-state index is 11.3. The first-order valence-electron chi connectivity index (χ1n) is 11.3. The Hall–Kier alpha value is -1.55. The molecule has 0 aliphatic carbocycles. The van der Waals surface area contributed by atoms with Crippen LogP contribution in [-0.4, -0.2) is 67.5 Å². The summed E-state index contributed by atoms with van der Waals surface area (Å²) in [4.78, 5) is 20.7. The average Bonchev–Trinajstić information content (AvgIpc) is 2.75. The predicted molar refractivity (Wildman–Crippen MR) is 138 cm³/mol. The van der Waals surface area contributed by atoms with Crippen molar-refractivity contribution in [2.24, 2.45) is 16.6 Å². The van der Waals surface area contributed by atoms with Gasteiger partial charge in [-0.25, -0.2) is 4.99 Å². The molecule has 7 nitrogen and oxygen atoms in total. The molecule has 1 aromatic carbocycles. The third kappa shape index (κ3) is 10.1. The highest BCUT2D eigenvalue weighted by Gasteiger charge is 2.23. The van der Waals surface area contributed by atoms with Gasteiger partial charge in [0.2, 0.25) is 5.91 Å². The highest BCUT2D eigenvalue weighted by molar-refractivity contribution is 14.0. The third-order valence-corrected chi connectivity index (χ3v) is 5.55. The second kappa shape index (κ2) is 15.3. The Bertz CT molecular complexity index is 664. The van der Waals surface area contributed by atoms with Crippen molar-refractivity contribution in [1.82, 2.24) is 15.1 Å². The van der Waals surface area contributed by atoms with E-state index in [1.807, 2.05) is 12.1 Å². The van der Waals surface area contributed by atoms with Crippen LogP contribution in [0, 0.1) is 5.92 Å². The summed E-state index contributed by atoms with van der Waals surface area (Å²) in [5.41, 5.74) is 6.54. The van der Waals surface area contributed by atoms with E-state index in [0.717, 1.165) is 69.4 Å². The normalized spacial score (nSPS) is 16.7. The lowest BCUT2D eigenvalue weighted by Gasteiger charge is -2.34. The SMILES string of the molecule is CCNC(=NCc1ccc(OCCN(CC)CC)cc1)N1CCCC(CC(N)=O)C1.I. The molecule has 0 radical (unpaired) electrons. The number of benzene rings is 1. The number of hydrogen-bond acceptors (Lipinski definition) is 4. The molecule has 2 rings (SSSR count). The van der Waals surface area contributed by atoms with E-state index in [9.17, 15) is 4.79 Å². The first-order chi connectivity index (χ1) is 14.5. The van der Waals surface area contributed by atoms with Gasteiger partial charge >= 0.3 is 0 Å². The first-order valence-corrected chi connectivity index (χ1v) is 11.3. The minimum Gasteiger partial charge on any atom is -0.492 e. The summed E-state index contributed by atoms with van der Waals surface area (Å²) in [6.45, 7) is 13.4. The molecule has 1 fully saturated rings. The average molecular weight is 546 g/mol. The number of ether oxygens (including phenoxy) is 1. The van der Waals surface area contributed by atoms with Crippen LogP contribution in [0.25, 0.3) is 0 Å². The van der Waals surface area contributed by atoms with Gasteiger partial charge in [-0.05, 0) is 56.5 Å². The van der Waals surface area contributed by atoms with Crippen LogP contribution in [0.15, 0.2) is 29.3 Å². The van der Waals surface area contributed by atoms with E-state index in [0.29, 0.717) is 25.5 Å². The van der Waals surface area contributed by atoms with Crippen LogP contribution in [0.3, 0.4) is 0 Å². The Morgan fingerprint density at radius 1 is 1.26 bits per heavy atom. The lowest BCUT2D eigenvalue weighted by molar-refractivity contribution is -0.119. The summed E-state index contributed by atoms with van der Waals surface area (Å²) in [6.07, 6.45) is 2.56. The molecule has 1 heterocycles. The van der Waals surface area contributed by atoms with Gasteiger partial charge in [0.1, 0.15) is 12.4 Å². The topological polar surface area (TPSA) is 83.2 Å². The van der Waals surface area contributed by atoms with Crippen LogP contribution in [-0.2, 0) is 11.3 Å². The second-order valence-electron chi connectivity index (χ2n) is 7.81. The molecule has 1 atom stereocenters. The zero-order valence-electron chi connectivity index (χ0n) is 19.3. The molecule has 1 aromatic rings. The van der Waals surface area contributed by atoms with Crippen LogP contribution in [0.4, 0.5) is 0 Å². The van der Waals surface area contributed by atoms with Crippen molar-refractivity contribution in [2.45, 2.75) is 46.6 Å². The van der Waals surface area contributed by atoms with Crippen molar-refractivity contribution in [3.63, 3.8) is 0 Å².